The number of hydrogen-bond acceptors (Lipinski definition) is 3. The summed E-state index contributed by atoms with van der Waals surface area (Å²) in [6.07, 6.45) is 10.4. The zero-order chi connectivity index (χ0) is 24.3. The number of halogens is 2. The van der Waals surface area contributed by atoms with E-state index in [1.807, 2.05) is 0 Å². The van der Waals surface area contributed by atoms with Crippen molar-refractivity contribution in [3.63, 3.8) is 0 Å². The van der Waals surface area contributed by atoms with Gasteiger partial charge in [-0.2, -0.15) is 0 Å². The van der Waals surface area contributed by atoms with Crippen LogP contribution in [-0.2, 0) is 22.0 Å². The minimum Gasteiger partial charge on any atom is -0.511 e. The third kappa shape index (κ3) is 4.33. The first-order valence-corrected chi connectivity index (χ1v) is 16.4. The van der Waals surface area contributed by atoms with Gasteiger partial charge in [0.05, 0.1) is 13.2 Å². The molecule has 6 rings (SSSR count). The van der Waals surface area contributed by atoms with Gasteiger partial charge in [-0.05, 0) is 71.9 Å². The summed E-state index contributed by atoms with van der Waals surface area (Å²) in [4.78, 5) is 0. The Labute approximate surface area is 220 Å². The molecule has 0 amide bonds. The number of ether oxygens (including phenoxy) is 1. The summed E-state index contributed by atoms with van der Waals surface area (Å²) < 4.78 is 20.2. The van der Waals surface area contributed by atoms with E-state index in [9.17, 15) is 0 Å². The van der Waals surface area contributed by atoms with Gasteiger partial charge >= 0.3 is 8.56 Å². The quantitative estimate of drug-likeness (QED) is 0.364. The Kier molecular flexibility index (Phi) is 6.19. The van der Waals surface area contributed by atoms with Crippen LogP contribution in [0.25, 0.3) is 0 Å². The van der Waals surface area contributed by atoms with E-state index in [1.54, 1.807) is 0 Å². The predicted octanol–water partition coefficient (Wildman–Crippen LogP) is 8.49. The summed E-state index contributed by atoms with van der Waals surface area (Å²) in [7, 11) is -2.63. The number of hydrogen-bond donors (Lipinski definition) is 0. The molecule has 3 fully saturated rings. The van der Waals surface area contributed by atoms with Crippen molar-refractivity contribution in [1.29, 1.82) is 0 Å². The smallest absolute Gasteiger partial charge is 0.465 e. The Bertz CT molecular complexity index is 1050. The molecule has 0 N–H and O–H groups in total. The SMILES string of the molecule is CC1(c2cc(Cl)cc3c2O[Si]2(CCOCC2)Oc2c(cc(Cl)cc2C2(C)CCCC2)C3)CCCC1. The van der Waals surface area contributed by atoms with Crippen LogP contribution in [0.3, 0.4) is 0 Å². The first kappa shape index (κ1) is 24.2. The molecule has 2 aliphatic heterocycles. The first-order valence-electron chi connectivity index (χ1n) is 13.4. The fourth-order valence-corrected chi connectivity index (χ4v) is 10.4. The van der Waals surface area contributed by atoms with Crippen molar-refractivity contribution in [3.8, 4) is 11.5 Å². The van der Waals surface area contributed by atoms with Crippen molar-refractivity contribution >= 4 is 31.8 Å². The predicted molar refractivity (Wildman–Crippen MR) is 145 cm³/mol. The van der Waals surface area contributed by atoms with E-state index in [0.717, 1.165) is 40.1 Å². The lowest BCUT2D eigenvalue weighted by atomic mass is 9.78. The van der Waals surface area contributed by atoms with Crippen LogP contribution in [0.2, 0.25) is 22.1 Å². The monoisotopic (exact) mass is 530 g/mol. The molecule has 2 aromatic rings. The highest BCUT2D eigenvalue weighted by molar-refractivity contribution is 6.69. The van der Waals surface area contributed by atoms with Crippen molar-refractivity contribution < 1.29 is 13.6 Å². The Balaban J connectivity index is 1.57. The lowest BCUT2D eigenvalue weighted by Gasteiger charge is -2.41. The van der Waals surface area contributed by atoms with Crippen molar-refractivity contribution in [3.05, 3.63) is 56.6 Å². The van der Waals surface area contributed by atoms with Crippen LogP contribution >= 0.6 is 23.2 Å². The molecule has 2 aliphatic carbocycles. The van der Waals surface area contributed by atoms with Gasteiger partial charge < -0.3 is 13.6 Å². The van der Waals surface area contributed by atoms with Gasteiger partial charge in [0, 0.05) is 39.7 Å². The van der Waals surface area contributed by atoms with E-state index in [-0.39, 0.29) is 10.8 Å². The van der Waals surface area contributed by atoms with Crippen LogP contribution in [0.5, 0.6) is 11.5 Å². The molecule has 1 spiro atoms. The van der Waals surface area contributed by atoms with E-state index in [0.29, 0.717) is 13.2 Å². The largest absolute Gasteiger partial charge is 0.511 e. The summed E-state index contributed by atoms with van der Waals surface area (Å²) in [6, 6.07) is 10.2. The van der Waals surface area contributed by atoms with E-state index in [4.69, 9.17) is 36.8 Å². The highest BCUT2D eigenvalue weighted by Crippen LogP contribution is 2.52. The van der Waals surface area contributed by atoms with Gasteiger partial charge in [-0.15, -0.1) is 0 Å². The second-order valence-corrected chi connectivity index (χ2v) is 15.9. The summed E-state index contributed by atoms with van der Waals surface area (Å²) in [5, 5.41) is 1.59. The van der Waals surface area contributed by atoms with Gasteiger partial charge in [-0.1, -0.05) is 62.7 Å². The average molecular weight is 532 g/mol. The molecule has 0 atom stereocenters. The maximum Gasteiger partial charge on any atom is 0.465 e. The normalized spacial score (nSPS) is 24.1. The van der Waals surface area contributed by atoms with E-state index in [2.05, 4.69) is 38.1 Å². The Morgan fingerprint density at radius 2 is 1.11 bits per heavy atom. The molecule has 1 saturated heterocycles. The molecular weight excluding hydrogens is 495 g/mol. The van der Waals surface area contributed by atoms with Crippen LogP contribution in [0.1, 0.15) is 87.5 Å². The topological polar surface area (TPSA) is 27.7 Å². The van der Waals surface area contributed by atoms with Crippen LogP contribution in [0, 0.1) is 0 Å². The molecule has 0 unspecified atom stereocenters. The molecule has 0 bridgehead atoms. The third-order valence-corrected chi connectivity index (χ3v) is 12.7. The molecule has 3 nitrogen and oxygen atoms in total. The first-order chi connectivity index (χ1) is 16.8. The maximum absolute atomic E-state index is 7.21. The van der Waals surface area contributed by atoms with Crippen LogP contribution < -0.4 is 8.85 Å². The Hall–Kier alpha value is -1.20. The Morgan fingerprint density at radius 1 is 0.686 bits per heavy atom. The standard InChI is InChI=1S/C29H36Cl2O3Si/c1-28(7-3-4-8-28)24-18-22(30)16-20-15-21-17-23(31)19-25(29(2)9-5-6-10-29)27(21)34-35(33-26(20)24)13-11-32-12-14-35/h16-19H,3-15H2,1-2H3. The maximum atomic E-state index is 7.21. The van der Waals surface area contributed by atoms with Crippen molar-refractivity contribution in [2.24, 2.45) is 0 Å². The van der Waals surface area contributed by atoms with Crippen LogP contribution in [0.4, 0.5) is 0 Å². The molecule has 0 radical (unpaired) electrons. The average Bonchev–Trinajstić information content (AvgIpc) is 3.46. The number of fused-ring (bicyclic) bond motifs is 2. The van der Waals surface area contributed by atoms with Gasteiger partial charge in [0.15, 0.2) is 0 Å². The molecule has 2 saturated carbocycles. The number of benzene rings is 2. The van der Waals surface area contributed by atoms with E-state index >= 15 is 0 Å². The zero-order valence-electron chi connectivity index (χ0n) is 21.0. The molecule has 2 heterocycles. The molecule has 35 heavy (non-hydrogen) atoms. The Morgan fingerprint density at radius 3 is 1.54 bits per heavy atom. The van der Waals surface area contributed by atoms with Crippen molar-refractivity contribution in [2.45, 2.75) is 94.6 Å². The molecule has 4 aliphatic rings. The summed E-state index contributed by atoms with van der Waals surface area (Å²) >= 11 is 13.6. The number of rotatable bonds is 2. The van der Waals surface area contributed by atoms with Gasteiger partial charge in [0.2, 0.25) is 0 Å². The lowest BCUT2D eigenvalue weighted by Crippen LogP contribution is -2.53. The highest BCUT2D eigenvalue weighted by atomic mass is 35.5. The van der Waals surface area contributed by atoms with Gasteiger partial charge in [0.25, 0.3) is 0 Å². The fraction of sp³-hybridized carbons (Fsp3) is 0.586. The minimum atomic E-state index is -2.63. The van der Waals surface area contributed by atoms with Gasteiger partial charge in [-0.25, -0.2) is 0 Å². The lowest BCUT2D eigenvalue weighted by molar-refractivity contribution is 0.130. The second kappa shape index (κ2) is 8.97. The van der Waals surface area contributed by atoms with Crippen molar-refractivity contribution in [1.82, 2.24) is 0 Å². The molecule has 2 aromatic carbocycles. The molecule has 6 heteroatoms. The van der Waals surface area contributed by atoms with E-state index < -0.39 is 8.56 Å². The minimum absolute atomic E-state index is 0.0919. The van der Waals surface area contributed by atoms with Gasteiger partial charge in [0.1, 0.15) is 11.5 Å². The molecule has 0 aromatic heterocycles. The van der Waals surface area contributed by atoms with Gasteiger partial charge in [-0.3, -0.25) is 0 Å². The van der Waals surface area contributed by atoms with Crippen LogP contribution in [-0.4, -0.2) is 21.8 Å². The fourth-order valence-electron chi connectivity index (χ4n) is 7.03. The summed E-state index contributed by atoms with van der Waals surface area (Å²) in [5.41, 5.74) is 5.07. The summed E-state index contributed by atoms with van der Waals surface area (Å²) in [5.74, 6) is 2.07. The van der Waals surface area contributed by atoms with E-state index in [1.165, 1.54) is 73.6 Å². The summed E-state index contributed by atoms with van der Waals surface area (Å²) in [6.45, 7) is 6.16. The highest BCUT2D eigenvalue weighted by Gasteiger charge is 2.49. The zero-order valence-corrected chi connectivity index (χ0v) is 23.5. The van der Waals surface area contributed by atoms with Crippen LogP contribution in [0.15, 0.2) is 24.3 Å². The third-order valence-electron chi connectivity index (χ3n) is 9.19. The molecule has 188 valence electrons. The van der Waals surface area contributed by atoms with Crippen molar-refractivity contribution in [2.75, 3.05) is 13.2 Å². The molecular formula is C29H36Cl2O3Si. The second-order valence-electron chi connectivity index (χ2n) is 11.8.